The van der Waals surface area contributed by atoms with Gasteiger partial charge < -0.3 is 9.13 Å². The lowest BCUT2D eigenvalue weighted by Gasteiger charge is -2.21. The molecular formula is C46H31N3. The molecule has 1 aliphatic carbocycles. The van der Waals surface area contributed by atoms with Gasteiger partial charge in [0.05, 0.1) is 28.6 Å². The van der Waals surface area contributed by atoms with E-state index in [1.807, 2.05) is 6.07 Å². The van der Waals surface area contributed by atoms with Crippen molar-refractivity contribution in [1.29, 1.82) is 0 Å². The van der Waals surface area contributed by atoms with Gasteiger partial charge in [0.15, 0.2) is 5.69 Å². The molecule has 9 aromatic rings. The molecule has 0 bridgehead atoms. The first-order valence-corrected chi connectivity index (χ1v) is 16.8. The Labute approximate surface area is 284 Å². The number of para-hydroxylation sites is 2. The molecule has 0 saturated heterocycles. The molecule has 0 aliphatic heterocycles. The summed E-state index contributed by atoms with van der Waals surface area (Å²) in [5.74, 6) is 0. The molecule has 0 N–H and O–H groups in total. The van der Waals surface area contributed by atoms with Gasteiger partial charge in [-0.3, -0.25) is 0 Å². The maximum absolute atomic E-state index is 7.77. The second kappa shape index (κ2) is 10.1. The van der Waals surface area contributed by atoms with Crippen LogP contribution in [0.2, 0.25) is 0 Å². The van der Waals surface area contributed by atoms with Crippen LogP contribution in [-0.4, -0.2) is 9.13 Å². The summed E-state index contributed by atoms with van der Waals surface area (Å²) in [6.45, 7) is 12.4. The van der Waals surface area contributed by atoms with Crippen LogP contribution in [0.4, 0.5) is 5.69 Å². The highest BCUT2D eigenvalue weighted by atomic mass is 15.0. The molecule has 0 unspecified atom stereocenters. The molecule has 0 saturated carbocycles. The maximum Gasteiger partial charge on any atom is 0.188 e. The lowest BCUT2D eigenvalue weighted by Crippen LogP contribution is -2.14. The lowest BCUT2D eigenvalue weighted by atomic mass is 9.82. The predicted molar refractivity (Wildman–Crippen MR) is 204 cm³/mol. The van der Waals surface area contributed by atoms with Crippen LogP contribution in [0.5, 0.6) is 0 Å². The fourth-order valence-corrected chi connectivity index (χ4v) is 8.40. The van der Waals surface area contributed by atoms with Gasteiger partial charge in [0, 0.05) is 32.9 Å². The van der Waals surface area contributed by atoms with Crippen molar-refractivity contribution in [3.05, 3.63) is 174 Å². The molecule has 7 aromatic carbocycles. The molecule has 49 heavy (non-hydrogen) atoms. The van der Waals surface area contributed by atoms with Crippen LogP contribution in [0.3, 0.4) is 0 Å². The molecule has 10 rings (SSSR count). The zero-order chi connectivity index (χ0) is 32.9. The number of rotatable bonds is 3. The summed E-state index contributed by atoms with van der Waals surface area (Å²) in [6.07, 6.45) is 0. The van der Waals surface area contributed by atoms with Crippen LogP contribution in [0.25, 0.3) is 82.1 Å². The van der Waals surface area contributed by atoms with Crippen LogP contribution >= 0.6 is 0 Å². The van der Waals surface area contributed by atoms with E-state index in [1.165, 1.54) is 49.4 Å². The van der Waals surface area contributed by atoms with E-state index in [2.05, 4.69) is 173 Å². The summed E-state index contributed by atoms with van der Waals surface area (Å²) in [4.78, 5) is 3.80. The first-order chi connectivity index (χ1) is 24.0. The Bertz CT molecular complexity index is 2820. The zero-order valence-electron chi connectivity index (χ0n) is 27.3. The van der Waals surface area contributed by atoms with Gasteiger partial charge in [0.1, 0.15) is 0 Å². The van der Waals surface area contributed by atoms with E-state index in [4.69, 9.17) is 6.57 Å². The van der Waals surface area contributed by atoms with Gasteiger partial charge in [-0.1, -0.05) is 105 Å². The molecule has 3 heteroatoms. The minimum absolute atomic E-state index is 0.104. The molecule has 2 heterocycles. The van der Waals surface area contributed by atoms with E-state index in [-0.39, 0.29) is 5.41 Å². The Kier molecular flexibility index (Phi) is 5.69. The molecule has 230 valence electrons. The Morgan fingerprint density at radius 3 is 1.69 bits per heavy atom. The molecule has 0 spiro atoms. The largest absolute Gasteiger partial charge is 0.309 e. The number of benzene rings is 7. The molecule has 1 aliphatic rings. The normalized spacial score (nSPS) is 13.2. The smallest absolute Gasteiger partial charge is 0.188 e. The van der Waals surface area contributed by atoms with Crippen LogP contribution in [0.1, 0.15) is 25.0 Å². The number of nitrogens with zero attached hydrogens (tertiary/aromatic N) is 3. The third-order valence-corrected chi connectivity index (χ3v) is 10.7. The summed E-state index contributed by atoms with van der Waals surface area (Å²) in [5, 5.41) is 4.81. The number of aromatic nitrogens is 2. The molecular weight excluding hydrogens is 595 g/mol. The fourth-order valence-electron chi connectivity index (χ4n) is 8.40. The van der Waals surface area contributed by atoms with Gasteiger partial charge >= 0.3 is 0 Å². The van der Waals surface area contributed by atoms with E-state index in [0.29, 0.717) is 5.69 Å². The van der Waals surface area contributed by atoms with E-state index >= 15 is 0 Å². The summed E-state index contributed by atoms with van der Waals surface area (Å²) in [6, 6.07) is 54.7. The third-order valence-electron chi connectivity index (χ3n) is 10.7. The maximum atomic E-state index is 7.77. The molecule has 3 nitrogen and oxygen atoms in total. The van der Waals surface area contributed by atoms with Crippen molar-refractivity contribution >= 4 is 49.3 Å². The molecule has 0 fully saturated rings. The first-order valence-electron chi connectivity index (χ1n) is 16.8. The van der Waals surface area contributed by atoms with Gasteiger partial charge in [0.25, 0.3) is 0 Å². The van der Waals surface area contributed by atoms with Crippen molar-refractivity contribution in [1.82, 2.24) is 9.13 Å². The van der Waals surface area contributed by atoms with Crippen molar-refractivity contribution in [3.8, 4) is 33.6 Å². The average molecular weight is 626 g/mol. The Balaban J connectivity index is 1.18. The van der Waals surface area contributed by atoms with Crippen molar-refractivity contribution in [2.75, 3.05) is 0 Å². The molecule has 0 atom stereocenters. The zero-order valence-corrected chi connectivity index (χ0v) is 27.3. The monoisotopic (exact) mass is 625 g/mol. The van der Waals surface area contributed by atoms with Gasteiger partial charge in [-0.25, -0.2) is 4.85 Å². The highest BCUT2D eigenvalue weighted by Crippen LogP contribution is 2.51. The van der Waals surface area contributed by atoms with Crippen LogP contribution < -0.4 is 0 Å². The van der Waals surface area contributed by atoms with E-state index < -0.39 is 0 Å². The topological polar surface area (TPSA) is 14.2 Å². The second-order valence-corrected chi connectivity index (χ2v) is 13.7. The number of hydrogen-bond donors (Lipinski definition) is 0. The molecule has 2 aromatic heterocycles. The SMILES string of the molecule is [C-]#[N+]c1ccc2c(c1)c1cc3c(cc1n2-c1cccc(-c2cccc(-n4c5ccccc5c5ccccc54)c2)c1)-c1ccccc1C3(C)C. The van der Waals surface area contributed by atoms with Crippen LogP contribution in [0, 0.1) is 6.57 Å². The minimum atomic E-state index is -0.104. The van der Waals surface area contributed by atoms with Crippen molar-refractivity contribution in [3.63, 3.8) is 0 Å². The highest BCUT2D eigenvalue weighted by molar-refractivity contribution is 6.12. The van der Waals surface area contributed by atoms with Crippen molar-refractivity contribution < 1.29 is 0 Å². The predicted octanol–water partition coefficient (Wildman–Crippen LogP) is 12.4. The molecule has 0 amide bonds. The van der Waals surface area contributed by atoms with Gasteiger partial charge in [-0.15, -0.1) is 0 Å². The standard InChI is InChI=1S/C46H31N3/c1-46(2)40-19-7-4-16-34(40)37-28-45-39(27-41(37)46)38-26-31(47-3)22-23-44(38)49(45)33-15-11-13-30(25-33)29-12-10-14-32(24-29)48-42-20-8-5-17-35(42)36-18-6-9-21-43(36)48/h4-28H,1-2H3. The van der Waals surface area contributed by atoms with Crippen LogP contribution in [-0.2, 0) is 5.41 Å². The van der Waals surface area contributed by atoms with Crippen molar-refractivity contribution in [2.24, 2.45) is 0 Å². The average Bonchev–Trinajstić information content (AvgIpc) is 3.74. The van der Waals surface area contributed by atoms with Gasteiger partial charge in [0.2, 0.25) is 0 Å². The number of hydrogen-bond acceptors (Lipinski definition) is 0. The van der Waals surface area contributed by atoms with Gasteiger partial charge in [-0.05, 0) is 99.4 Å². The Hall–Kier alpha value is -6.37. The minimum Gasteiger partial charge on any atom is -0.309 e. The summed E-state index contributed by atoms with van der Waals surface area (Å²) < 4.78 is 4.76. The van der Waals surface area contributed by atoms with E-state index in [9.17, 15) is 0 Å². The van der Waals surface area contributed by atoms with Crippen LogP contribution in [0.15, 0.2) is 152 Å². The third kappa shape index (κ3) is 3.89. The van der Waals surface area contributed by atoms with Gasteiger partial charge in [-0.2, -0.15) is 0 Å². The fraction of sp³-hybridized carbons (Fsp3) is 0.0652. The summed E-state index contributed by atoms with van der Waals surface area (Å²) in [5.41, 5.74) is 15.1. The van der Waals surface area contributed by atoms with E-state index in [0.717, 1.165) is 38.9 Å². The summed E-state index contributed by atoms with van der Waals surface area (Å²) >= 11 is 0. The quantitative estimate of drug-likeness (QED) is 0.174. The highest BCUT2D eigenvalue weighted by Gasteiger charge is 2.36. The number of fused-ring (bicyclic) bond motifs is 9. The Morgan fingerprint density at radius 2 is 1.02 bits per heavy atom. The Morgan fingerprint density at radius 1 is 0.449 bits per heavy atom. The summed E-state index contributed by atoms with van der Waals surface area (Å²) in [7, 11) is 0. The second-order valence-electron chi connectivity index (χ2n) is 13.7. The first kappa shape index (κ1) is 27.7. The molecule has 0 radical (unpaired) electrons. The van der Waals surface area contributed by atoms with Crippen molar-refractivity contribution in [2.45, 2.75) is 19.3 Å². The van der Waals surface area contributed by atoms with E-state index in [1.54, 1.807) is 0 Å². The lowest BCUT2D eigenvalue weighted by molar-refractivity contribution is 0.661.